The van der Waals surface area contributed by atoms with E-state index in [1.165, 1.54) is 5.56 Å². The van der Waals surface area contributed by atoms with E-state index in [1.807, 2.05) is 56.3 Å². The third-order valence-corrected chi connectivity index (χ3v) is 4.34. The van der Waals surface area contributed by atoms with E-state index in [0.29, 0.717) is 17.2 Å². The first-order valence-corrected chi connectivity index (χ1v) is 8.57. The molecule has 0 bridgehead atoms. The maximum atomic E-state index is 12.3. The average molecular weight is 346 g/mol. The van der Waals surface area contributed by atoms with Crippen molar-refractivity contribution in [1.29, 1.82) is 0 Å². The summed E-state index contributed by atoms with van der Waals surface area (Å²) in [7, 11) is 0. The van der Waals surface area contributed by atoms with Crippen LogP contribution in [0.5, 0.6) is 0 Å². The van der Waals surface area contributed by atoms with E-state index in [-0.39, 0.29) is 11.9 Å². The second kappa shape index (κ2) is 7.78. The van der Waals surface area contributed by atoms with Gasteiger partial charge in [-0.1, -0.05) is 36.4 Å². The summed E-state index contributed by atoms with van der Waals surface area (Å²) in [6.07, 6.45) is 0. The van der Waals surface area contributed by atoms with Crippen LogP contribution in [0.1, 0.15) is 40.0 Å². The summed E-state index contributed by atoms with van der Waals surface area (Å²) in [5.41, 5.74) is 4.01. The molecule has 0 fully saturated rings. The number of benzene rings is 2. The summed E-state index contributed by atoms with van der Waals surface area (Å²) >= 11 is 0. The Hall–Kier alpha value is -3.21. The molecule has 0 spiro atoms. The van der Waals surface area contributed by atoms with E-state index >= 15 is 0 Å². The highest BCUT2D eigenvalue weighted by Crippen LogP contribution is 2.18. The molecule has 0 aliphatic rings. The smallest absolute Gasteiger partial charge is 0.256 e. The Morgan fingerprint density at radius 2 is 1.58 bits per heavy atom. The van der Waals surface area contributed by atoms with Gasteiger partial charge in [0.2, 0.25) is 0 Å². The zero-order valence-electron chi connectivity index (χ0n) is 15.2. The van der Waals surface area contributed by atoms with Crippen molar-refractivity contribution in [2.75, 3.05) is 10.6 Å². The number of nitrogens with one attached hydrogen (secondary N) is 2. The number of anilines is 2. The SMILES string of the molecule is Cc1ccc(C(=O)Nc2ccc(NC(C)c3ccccc3)nn2)cc1C. The Morgan fingerprint density at radius 1 is 0.885 bits per heavy atom. The van der Waals surface area contributed by atoms with Crippen molar-refractivity contribution in [2.45, 2.75) is 26.8 Å². The molecule has 2 aromatic carbocycles. The van der Waals surface area contributed by atoms with Gasteiger partial charge in [-0.05, 0) is 61.7 Å². The molecule has 1 atom stereocenters. The van der Waals surface area contributed by atoms with Gasteiger partial charge in [-0.25, -0.2) is 0 Å². The monoisotopic (exact) mass is 346 g/mol. The molecule has 132 valence electrons. The van der Waals surface area contributed by atoms with Crippen molar-refractivity contribution in [3.8, 4) is 0 Å². The highest BCUT2D eigenvalue weighted by molar-refractivity contribution is 6.03. The molecule has 0 aliphatic heterocycles. The molecule has 0 saturated carbocycles. The van der Waals surface area contributed by atoms with E-state index in [4.69, 9.17) is 0 Å². The molecule has 5 heteroatoms. The number of rotatable bonds is 5. The molecule has 1 heterocycles. The van der Waals surface area contributed by atoms with Crippen molar-refractivity contribution in [2.24, 2.45) is 0 Å². The van der Waals surface area contributed by atoms with E-state index < -0.39 is 0 Å². The summed E-state index contributed by atoms with van der Waals surface area (Å²) in [4.78, 5) is 12.3. The van der Waals surface area contributed by atoms with Gasteiger partial charge in [0, 0.05) is 11.6 Å². The van der Waals surface area contributed by atoms with Crippen LogP contribution in [0.2, 0.25) is 0 Å². The van der Waals surface area contributed by atoms with Gasteiger partial charge in [-0.2, -0.15) is 0 Å². The molecule has 1 unspecified atom stereocenters. The van der Waals surface area contributed by atoms with Crippen LogP contribution >= 0.6 is 0 Å². The number of carbonyl (C=O) groups is 1. The second-order valence-electron chi connectivity index (χ2n) is 6.33. The lowest BCUT2D eigenvalue weighted by atomic mass is 10.1. The van der Waals surface area contributed by atoms with Gasteiger partial charge < -0.3 is 10.6 Å². The van der Waals surface area contributed by atoms with Crippen LogP contribution in [0, 0.1) is 13.8 Å². The van der Waals surface area contributed by atoms with Crippen LogP contribution in [0.25, 0.3) is 0 Å². The number of carbonyl (C=O) groups excluding carboxylic acids is 1. The van der Waals surface area contributed by atoms with Crippen molar-refractivity contribution in [3.05, 3.63) is 82.9 Å². The first-order chi connectivity index (χ1) is 12.5. The van der Waals surface area contributed by atoms with E-state index in [9.17, 15) is 4.79 Å². The second-order valence-corrected chi connectivity index (χ2v) is 6.33. The van der Waals surface area contributed by atoms with E-state index in [0.717, 1.165) is 11.1 Å². The lowest BCUT2D eigenvalue weighted by Crippen LogP contribution is -2.14. The Kier molecular flexibility index (Phi) is 5.27. The largest absolute Gasteiger partial charge is 0.362 e. The summed E-state index contributed by atoms with van der Waals surface area (Å²) < 4.78 is 0. The van der Waals surface area contributed by atoms with Crippen molar-refractivity contribution >= 4 is 17.5 Å². The Balaban J connectivity index is 1.64. The molecular weight excluding hydrogens is 324 g/mol. The number of amides is 1. The number of aryl methyl sites for hydroxylation is 2. The predicted octanol–water partition coefficient (Wildman–Crippen LogP) is 4.52. The fourth-order valence-electron chi connectivity index (χ4n) is 2.59. The first-order valence-electron chi connectivity index (χ1n) is 8.57. The first kappa shape index (κ1) is 17.6. The van der Waals surface area contributed by atoms with E-state index in [1.54, 1.807) is 6.07 Å². The van der Waals surface area contributed by atoms with Crippen molar-refractivity contribution in [3.63, 3.8) is 0 Å². The van der Waals surface area contributed by atoms with Crippen LogP contribution in [0.3, 0.4) is 0 Å². The topological polar surface area (TPSA) is 66.9 Å². The van der Waals surface area contributed by atoms with Gasteiger partial charge in [0.1, 0.15) is 5.82 Å². The van der Waals surface area contributed by atoms with Crippen LogP contribution in [0.4, 0.5) is 11.6 Å². The predicted molar refractivity (Wildman–Crippen MR) is 104 cm³/mol. The van der Waals surface area contributed by atoms with Crippen LogP contribution in [-0.4, -0.2) is 16.1 Å². The minimum Gasteiger partial charge on any atom is -0.362 e. The van der Waals surface area contributed by atoms with Gasteiger partial charge in [0.05, 0.1) is 0 Å². The number of aromatic nitrogens is 2. The molecule has 26 heavy (non-hydrogen) atoms. The molecule has 2 N–H and O–H groups in total. The fraction of sp³-hybridized carbons (Fsp3) is 0.190. The minimum atomic E-state index is -0.194. The molecule has 0 aliphatic carbocycles. The molecule has 5 nitrogen and oxygen atoms in total. The molecule has 3 rings (SSSR count). The Morgan fingerprint density at radius 3 is 2.23 bits per heavy atom. The normalized spacial score (nSPS) is 11.7. The third kappa shape index (κ3) is 4.25. The standard InChI is InChI=1S/C21H22N4O/c1-14-9-10-18(13-15(14)2)21(26)23-20-12-11-19(24-25-20)22-16(3)17-7-5-4-6-8-17/h4-13,16H,1-3H3,(H,22,24)(H,23,25,26). The average Bonchev–Trinajstić information content (AvgIpc) is 2.66. The highest BCUT2D eigenvalue weighted by Gasteiger charge is 2.09. The molecule has 0 saturated heterocycles. The van der Waals surface area contributed by atoms with Gasteiger partial charge in [0.25, 0.3) is 5.91 Å². The zero-order valence-corrected chi connectivity index (χ0v) is 15.2. The molecule has 1 amide bonds. The molecule has 1 aromatic heterocycles. The van der Waals surface area contributed by atoms with Crippen molar-refractivity contribution < 1.29 is 4.79 Å². The van der Waals surface area contributed by atoms with Crippen LogP contribution < -0.4 is 10.6 Å². The third-order valence-electron chi connectivity index (χ3n) is 4.34. The lowest BCUT2D eigenvalue weighted by Gasteiger charge is -2.14. The molecular formula is C21H22N4O. The van der Waals surface area contributed by atoms with Gasteiger partial charge in [0.15, 0.2) is 5.82 Å². The molecule has 0 radical (unpaired) electrons. The highest BCUT2D eigenvalue weighted by atomic mass is 16.1. The Bertz CT molecular complexity index is 892. The summed E-state index contributed by atoms with van der Waals surface area (Å²) in [6.45, 7) is 6.07. The summed E-state index contributed by atoms with van der Waals surface area (Å²) in [5.74, 6) is 0.887. The molecule has 3 aromatic rings. The van der Waals surface area contributed by atoms with Crippen LogP contribution in [-0.2, 0) is 0 Å². The number of hydrogen-bond acceptors (Lipinski definition) is 4. The minimum absolute atomic E-state index is 0.112. The lowest BCUT2D eigenvalue weighted by molar-refractivity contribution is 0.102. The summed E-state index contributed by atoms with van der Waals surface area (Å²) in [6, 6.07) is 19.4. The van der Waals surface area contributed by atoms with Gasteiger partial charge >= 0.3 is 0 Å². The van der Waals surface area contributed by atoms with E-state index in [2.05, 4.69) is 39.9 Å². The summed E-state index contributed by atoms with van der Waals surface area (Å²) in [5, 5.41) is 14.3. The maximum absolute atomic E-state index is 12.3. The van der Waals surface area contributed by atoms with Gasteiger partial charge in [-0.3, -0.25) is 4.79 Å². The van der Waals surface area contributed by atoms with Crippen LogP contribution in [0.15, 0.2) is 60.7 Å². The number of nitrogens with zero attached hydrogens (tertiary/aromatic N) is 2. The van der Waals surface area contributed by atoms with Gasteiger partial charge in [-0.15, -0.1) is 10.2 Å². The quantitative estimate of drug-likeness (QED) is 0.713. The van der Waals surface area contributed by atoms with Crippen molar-refractivity contribution in [1.82, 2.24) is 10.2 Å². The zero-order chi connectivity index (χ0) is 18.5. The maximum Gasteiger partial charge on any atom is 0.256 e. The fourth-order valence-corrected chi connectivity index (χ4v) is 2.59. The number of hydrogen-bond donors (Lipinski definition) is 2. The Labute approximate surface area is 153 Å².